The number of benzene rings is 2. The summed E-state index contributed by atoms with van der Waals surface area (Å²) in [6.45, 7) is 3.80. The fourth-order valence-electron chi connectivity index (χ4n) is 3.33. The number of rotatable bonds is 5. The summed E-state index contributed by atoms with van der Waals surface area (Å²) in [4.78, 5) is 12.4. The summed E-state index contributed by atoms with van der Waals surface area (Å²) < 4.78 is 7.84. The summed E-state index contributed by atoms with van der Waals surface area (Å²) in [7, 11) is 0. The fourth-order valence-corrected chi connectivity index (χ4v) is 3.33. The molecule has 138 valence electrons. The van der Waals surface area contributed by atoms with Gasteiger partial charge in [0.25, 0.3) is 5.91 Å². The van der Waals surface area contributed by atoms with Crippen molar-refractivity contribution in [1.82, 2.24) is 15.1 Å². The van der Waals surface area contributed by atoms with Crippen molar-refractivity contribution in [2.45, 2.75) is 26.0 Å². The van der Waals surface area contributed by atoms with E-state index in [-0.39, 0.29) is 12.0 Å². The Morgan fingerprint density at radius 1 is 1.19 bits per heavy atom. The summed E-state index contributed by atoms with van der Waals surface area (Å²) in [5.41, 5.74) is 5.14. The lowest BCUT2D eigenvalue weighted by Gasteiger charge is -2.22. The molecule has 0 spiro atoms. The van der Waals surface area contributed by atoms with E-state index >= 15 is 0 Å². The van der Waals surface area contributed by atoms with Crippen molar-refractivity contribution >= 4 is 5.91 Å². The first-order valence-corrected chi connectivity index (χ1v) is 9.25. The lowest BCUT2D eigenvalue weighted by molar-refractivity contribution is 0.0383. The normalized spacial score (nSPS) is 16.0. The second kappa shape index (κ2) is 7.76. The van der Waals surface area contributed by atoms with Gasteiger partial charge in [0.05, 0.1) is 18.8 Å². The zero-order chi connectivity index (χ0) is 18.6. The van der Waals surface area contributed by atoms with Crippen LogP contribution in [0.15, 0.2) is 60.8 Å². The number of nitrogens with one attached hydrogen (secondary N) is 1. The SMILES string of the molecule is Cc1ccc(C(=O)NC[C@@H]2OCCc3cn(Cc4ccccc4)nc32)cc1. The number of hydrogen-bond donors (Lipinski definition) is 1. The standard InChI is InChI=1S/C22H23N3O2/c1-16-7-9-18(10-8-16)22(26)23-13-20-21-19(11-12-27-20)15-25(24-21)14-17-5-3-2-4-6-17/h2-10,15,20H,11-14H2,1H3,(H,23,26)/t20-/m0/s1. The Labute approximate surface area is 159 Å². The monoisotopic (exact) mass is 361 g/mol. The molecule has 1 aliphatic rings. The molecule has 0 unspecified atom stereocenters. The van der Waals surface area contributed by atoms with Crippen LogP contribution in [0.3, 0.4) is 0 Å². The minimum absolute atomic E-state index is 0.0885. The van der Waals surface area contributed by atoms with E-state index in [1.165, 1.54) is 11.1 Å². The maximum atomic E-state index is 12.4. The molecule has 0 bridgehead atoms. The van der Waals surface area contributed by atoms with Crippen LogP contribution in [0.5, 0.6) is 0 Å². The van der Waals surface area contributed by atoms with Crippen LogP contribution in [0.2, 0.25) is 0 Å². The summed E-state index contributed by atoms with van der Waals surface area (Å²) >= 11 is 0. The van der Waals surface area contributed by atoms with Gasteiger partial charge < -0.3 is 10.1 Å². The van der Waals surface area contributed by atoms with E-state index in [1.54, 1.807) is 0 Å². The maximum Gasteiger partial charge on any atom is 0.251 e. The molecular weight excluding hydrogens is 338 g/mol. The second-order valence-corrected chi connectivity index (χ2v) is 6.91. The molecule has 5 heteroatoms. The van der Waals surface area contributed by atoms with Gasteiger partial charge >= 0.3 is 0 Å². The van der Waals surface area contributed by atoms with Crippen molar-refractivity contribution in [2.24, 2.45) is 0 Å². The molecule has 1 aliphatic heterocycles. The molecule has 4 rings (SSSR count). The number of aryl methyl sites for hydroxylation is 1. The number of hydrogen-bond acceptors (Lipinski definition) is 3. The van der Waals surface area contributed by atoms with Gasteiger partial charge in [-0.1, -0.05) is 48.0 Å². The third-order valence-corrected chi connectivity index (χ3v) is 4.81. The van der Waals surface area contributed by atoms with Gasteiger partial charge in [-0.05, 0) is 36.6 Å². The molecule has 0 radical (unpaired) electrons. The fraction of sp³-hybridized carbons (Fsp3) is 0.273. The quantitative estimate of drug-likeness (QED) is 0.759. The molecule has 1 amide bonds. The molecule has 0 saturated heterocycles. The lowest BCUT2D eigenvalue weighted by Crippen LogP contribution is -2.31. The van der Waals surface area contributed by atoms with Crippen molar-refractivity contribution in [1.29, 1.82) is 0 Å². The molecule has 2 heterocycles. The van der Waals surface area contributed by atoms with Gasteiger partial charge in [-0.15, -0.1) is 0 Å². The summed E-state index contributed by atoms with van der Waals surface area (Å²) in [6.07, 6.45) is 2.74. The molecule has 1 aromatic heterocycles. The largest absolute Gasteiger partial charge is 0.370 e. The average Bonchev–Trinajstić information content (AvgIpc) is 3.10. The molecule has 27 heavy (non-hydrogen) atoms. The van der Waals surface area contributed by atoms with Crippen molar-refractivity contribution in [3.8, 4) is 0 Å². The van der Waals surface area contributed by atoms with Crippen molar-refractivity contribution < 1.29 is 9.53 Å². The van der Waals surface area contributed by atoms with Gasteiger partial charge in [0, 0.05) is 18.3 Å². The van der Waals surface area contributed by atoms with Crippen LogP contribution in [-0.2, 0) is 17.7 Å². The van der Waals surface area contributed by atoms with Gasteiger partial charge in [-0.2, -0.15) is 5.10 Å². The first-order chi connectivity index (χ1) is 13.2. The highest BCUT2D eigenvalue weighted by Crippen LogP contribution is 2.25. The van der Waals surface area contributed by atoms with Gasteiger partial charge in [0.15, 0.2) is 0 Å². The number of aromatic nitrogens is 2. The van der Waals surface area contributed by atoms with Crippen LogP contribution in [0.1, 0.15) is 38.8 Å². The first kappa shape index (κ1) is 17.5. The maximum absolute atomic E-state index is 12.4. The Hall–Kier alpha value is -2.92. The summed E-state index contributed by atoms with van der Waals surface area (Å²) in [5.74, 6) is -0.0885. The third kappa shape index (κ3) is 4.09. The minimum Gasteiger partial charge on any atom is -0.370 e. The van der Waals surface area contributed by atoms with Gasteiger partial charge in [0.1, 0.15) is 6.10 Å². The van der Waals surface area contributed by atoms with Crippen molar-refractivity contribution in [2.75, 3.05) is 13.2 Å². The highest BCUT2D eigenvalue weighted by Gasteiger charge is 2.25. The molecule has 0 fully saturated rings. The van der Waals surface area contributed by atoms with E-state index < -0.39 is 0 Å². The van der Waals surface area contributed by atoms with E-state index in [0.717, 1.165) is 24.2 Å². The Morgan fingerprint density at radius 3 is 2.74 bits per heavy atom. The number of fused-ring (bicyclic) bond motifs is 1. The van der Waals surface area contributed by atoms with Crippen LogP contribution >= 0.6 is 0 Å². The summed E-state index contributed by atoms with van der Waals surface area (Å²) in [6, 6.07) is 17.8. The lowest BCUT2D eigenvalue weighted by atomic mass is 10.1. The summed E-state index contributed by atoms with van der Waals surface area (Å²) in [5, 5.41) is 7.70. The predicted octanol–water partition coefficient (Wildman–Crippen LogP) is 3.28. The number of ether oxygens (including phenoxy) is 1. The zero-order valence-electron chi connectivity index (χ0n) is 15.4. The topological polar surface area (TPSA) is 56.1 Å². The number of carbonyl (C=O) groups is 1. The Bertz CT molecular complexity index is 916. The minimum atomic E-state index is -0.208. The molecular formula is C22H23N3O2. The van der Waals surface area contributed by atoms with Crippen LogP contribution in [0, 0.1) is 6.92 Å². The van der Waals surface area contributed by atoms with Crippen LogP contribution in [-0.4, -0.2) is 28.8 Å². The van der Waals surface area contributed by atoms with E-state index in [0.29, 0.717) is 18.7 Å². The Kier molecular flexibility index (Phi) is 5.03. The Balaban J connectivity index is 1.43. The van der Waals surface area contributed by atoms with Gasteiger partial charge in [-0.25, -0.2) is 0 Å². The molecule has 1 atom stereocenters. The average molecular weight is 361 g/mol. The van der Waals surface area contributed by atoms with Gasteiger partial charge in [-0.3, -0.25) is 9.48 Å². The number of carbonyl (C=O) groups excluding carboxylic acids is 1. The molecule has 0 saturated carbocycles. The van der Waals surface area contributed by atoms with Crippen LogP contribution < -0.4 is 5.32 Å². The van der Waals surface area contributed by atoms with Crippen molar-refractivity contribution in [3.63, 3.8) is 0 Å². The van der Waals surface area contributed by atoms with E-state index in [1.807, 2.05) is 54.1 Å². The van der Waals surface area contributed by atoms with Crippen molar-refractivity contribution in [3.05, 3.63) is 88.7 Å². The van der Waals surface area contributed by atoms with Crippen LogP contribution in [0.4, 0.5) is 0 Å². The predicted molar refractivity (Wildman–Crippen MR) is 104 cm³/mol. The molecule has 5 nitrogen and oxygen atoms in total. The number of amides is 1. The molecule has 1 N–H and O–H groups in total. The third-order valence-electron chi connectivity index (χ3n) is 4.81. The van der Waals surface area contributed by atoms with Gasteiger partial charge in [0.2, 0.25) is 0 Å². The molecule has 0 aliphatic carbocycles. The molecule has 3 aromatic rings. The van der Waals surface area contributed by atoms with E-state index in [9.17, 15) is 4.79 Å². The number of nitrogens with zero attached hydrogens (tertiary/aromatic N) is 2. The van der Waals surface area contributed by atoms with E-state index in [4.69, 9.17) is 9.84 Å². The zero-order valence-corrected chi connectivity index (χ0v) is 15.4. The molecule has 2 aromatic carbocycles. The second-order valence-electron chi connectivity index (χ2n) is 6.91. The Morgan fingerprint density at radius 2 is 1.96 bits per heavy atom. The smallest absolute Gasteiger partial charge is 0.251 e. The first-order valence-electron chi connectivity index (χ1n) is 9.25. The highest BCUT2D eigenvalue weighted by molar-refractivity contribution is 5.94. The van der Waals surface area contributed by atoms with Crippen LogP contribution in [0.25, 0.3) is 0 Å². The highest BCUT2D eigenvalue weighted by atomic mass is 16.5. The van der Waals surface area contributed by atoms with E-state index in [2.05, 4.69) is 23.6 Å².